The summed E-state index contributed by atoms with van der Waals surface area (Å²) in [7, 11) is 0. The van der Waals surface area contributed by atoms with Crippen LogP contribution in [0.2, 0.25) is 0 Å². The number of anilines is 1. The Morgan fingerprint density at radius 1 is 1.33 bits per heavy atom. The van der Waals surface area contributed by atoms with Gasteiger partial charge in [0.05, 0.1) is 22.8 Å². The minimum Gasteiger partial charge on any atom is -0.459 e. The molecule has 1 aromatic carbocycles. The van der Waals surface area contributed by atoms with Crippen molar-refractivity contribution in [1.82, 2.24) is 14.5 Å². The number of furan rings is 1. The molecule has 0 radical (unpaired) electrons. The van der Waals surface area contributed by atoms with Crippen LogP contribution in [0.1, 0.15) is 17.0 Å². The van der Waals surface area contributed by atoms with E-state index in [9.17, 15) is 9.18 Å². The Bertz CT molecular complexity index is 1020. The molecule has 0 aliphatic heterocycles. The van der Waals surface area contributed by atoms with Crippen molar-refractivity contribution in [3.8, 4) is 0 Å². The van der Waals surface area contributed by atoms with Crippen molar-refractivity contribution in [1.29, 1.82) is 0 Å². The number of carbonyl (C=O) groups is 1. The van der Waals surface area contributed by atoms with Gasteiger partial charge in [0.25, 0.3) is 5.91 Å². The van der Waals surface area contributed by atoms with Crippen molar-refractivity contribution in [2.24, 2.45) is 0 Å². The molecule has 27 heavy (non-hydrogen) atoms. The molecule has 0 spiro atoms. The molecule has 0 bridgehead atoms. The van der Waals surface area contributed by atoms with Gasteiger partial charge in [-0.3, -0.25) is 9.69 Å². The fourth-order valence-electron chi connectivity index (χ4n) is 2.65. The molecule has 0 aliphatic carbocycles. The molecule has 9 heteroatoms. The summed E-state index contributed by atoms with van der Waals surface area (Å²) in [5.74, 6) is -0.338. The van der Waals surface area contributed by atoms with Crippen LogP contribution in [-0.2, 0) is 6.54 Å². The van der Waals surface area contributed by atoms with E-state index in [1.807, 2.05) is 10.8 Å². The second kappa shape index (κ2) is 8.32. The average molecular weight is 407 g/mol. The van der Waals surface area contributed by atoms with Crippen molar-refractivity contribution < 1.29 is 13.6 Å². The summed E-state index contributed by atoms with van der Waals surface area (Å²) in [5.41, 5.74) is 0.665. The SMILES string of the molecule is Cl.O=C(c1ccco1)N(CCCn1ccnc1)c1nc2ccc(F)cc2s1. The molecule has 0 atom stereocenters. The van der Waals surface area contributed by atoms with Gasteiger partial charge in [0.2, 0.25) is 0 Å². The molecule has 4 aromatic rings. The Labute approximate surface area is 164 Å². The average Bonchev–Trinajstić information content (AvgIpc) is 3.38. The number of imidazole rings is 1. The van der Waals surface area contributed by atoms with Gasteiger partial charge in [-0.05, 0) is 36.8 Å². The molecule has 4 rings (SSSR count). The lowest BCUT2D eigenvalue weighted by Crippen LogP contribution is -2.32. The molecular weight excluding hydrogens is 391 g/mol. The van der Waals surface area contributed by atoms with Gasteiger partial charge in [-0.1, -0.05) is 11.3 Å². The molecule has 6 nitrogen and oxygen atoms in total. The largest absolute Gasteiger partial charge is 0.459 e. The molecule has 0 saturated heterocycles. The number of carbonyl (C=O) groups excluding carboxylic acids is 1. The first-order chi connectivity index (χ1) is 12.7. The lowest BCUT2D eigenvalue weighted by atomic mass is 10.3. The highest BCUT2D eigenvalue weighted by atomic mass is 35.5. The van der Waals surface area contributed by atoms with Crippen LogP contribution in [0.25, 0.3) is 10.2 Å². The third-order valence-corrected chi connectivity index (χ3v) is 4.95. The highest BCUT2D eigenvalue weighted by molar-refractivity contribution is 7.22. The molecule has 0 unspecified atom stereocenters. The van der Waals surface area contributed by atoms with Gasteiger partial charge in [-0.25, -0.2) is 14.4 Å². The highest BCUT2D eigenvalue weighted by Gasteiger charge is 2.23. The number of nitrogens with zero attached hydrogens (tertiary/aromatic N) is 4. The number of amides is 1. The maximum Gasteiger partial charge on any atom is 0.295 e. The van der Waals surface area contributed by atoms with Crippen LogP contribution in [-0.4, -0.2) is 27.0 Å². The minimum atomic E-state index is -0.322. The fraction of sp³-hybridized carbons (Fsp3) is 0.167. The van der Waals surface area contributed by atoms with Crippen molar-refractivity contribution in [2.45, 2.75) is 13.0 Å². The molecule has 3 aromatic heterocycles. The third kappa shape index (κ3) is 4.17. The zero-order valence-corrected chi connectivity index (χ0v) is 15.8. The van der Waals surface area contributed by atoms with E-state index in [0.29, 0.717) is 28.3 Å². The lowest BCUT2D eigenvalue weighted by molar-refractivity contribution is 0.0959. The number of benzene rings is 1. The maximum atomic E-state index is 13.5. The van der Waals surface area contributed by atoms with E-state index in [1.165, 1.54) is 29.7 Å². The molecular formula is C18H16ClFN4O2S. The number of fused-ring (bicyclic) bond motifs is 1. The molecule has 0 aliphatic rings. The summed E-state index contributed by atoms with van der Waals surface area (Å²) >= 11 is 1.29. The van der Waals surface area contributed by atoms with Gasteiger partial charge >= 0.3 is 0 Å². The zero-order chi connectivity index (χ0) is 17.9. The van der Waals surface area contributed by atoms with Crippen LogP contribution in [0.3, 0.4) is 0 Å². The van der Waals surface area contributed by atoms with Crippen molar-refractivity contribution in [3.05, 3.63) is 66.9 Å². The summed E-state index contributed by atoms with van der Waals surface area (Å²) in [4.78, 5) is 22.9. The van der Waals surface area contributed by atoms with Crippen LogP contribution < -0.4 is 4.90 Å². The number of hydrogen-bond acceptors (Lipinski definition) is 5. The lowest BCUT2D eigenvalue weighted by Gasteiger charge is -2.18. The van der Waals surface area contributed by atoms with Gasteiger partial charge in [0, 0.05) is 25.5 Å². The summed E-state index contributed by atoms with van der Waals surface area (Å²) in [6.45, 7) is 1.18. The Kier molecular flexibility index (Phi) is 5.88. The summed E-state index contributed by atoms with van der Waals surface area (Å²) in [6, 6.07) is 7.70. The first-order valence-electron chi connectivity index (χ1n) is 8.08. The molecule has 3 heterocycles. The van der Waals surface area contributed by atoms with Crippen LogP contribution in [0.15, 0.2) is 59.7 Å². The Morgan fingerprint density at radius 2 is 2.22 bits per heavy atom. The predicted molar refractivity (Wildman–Crippen MR) is 104 cm³/mol. The number of thiazole rings is 1. The molecule has 0 fully saturated rings. The van der Waals surface area contributed by atoms with E-state index < -0.39 is 0 Å². The standard InChI is InChI=1S/C18H15FN4O2S.ClH/c19-13-4-5-14-16(11-13)26-18(21-14)23(17(24)15-3-1-10-25-15)8-2-7-22-9-6-20-12-22;/h1,3-6,9-12H,2,7-8H2;1H. The molecule has 0 N–H and O–H groups in total. The van der Waals surface area contributed by atoms with Gasteiger partial charge in [-0.2, -0.15) is 0 Å². The maximum absolute atomic E-state index is 13.5. The monoisotopic (exact) mass is 406 g/mol. The molecule has 0 saturated carbocycles. The van der Waals surface area contributed by atoms with E-state index in [1.54, 1.807) is 35.6 Å². The van der Waals surface area contributed by atoms with Crippen molar-refractivity contribution in [3.63, 3.8) is 0 Å². The minimum absolute atomic E-state index is 0. The number of hydrogen-bond donors (Lipinski definition) is 0. The van der Waals surface area contributed by atoms with Gasteiger partial charge < -0.3 is 8.98 Å². The highest BCUT2D eigenvalue weighted by Crippen LogP contribution is 2.30. The second-order valence-corrected chi connectivity index (χ2v) is 6.71. The van der Waals surface area contributed by atoms with E-state index >= 15 is 0 Å². The van der Waals surface area contributed by atoms with Gasteiger partial charge in [0.1, 0.15) is 5.82 Å². The fourth-order valence-corrected chi connectivity index (χ4v) is 3.66. The summed E-state index contributed by atoms with van der Waals surface area (Å²) < 4.78 is 21.4. The first kappa shape index (κ1) is 19.1. The van der Waals surface area contributed by atoms with Crippen LogP contribution in [0.5, 0.6) is 0 Å². The summed E-state index contributed by atoms with van der Waals surface area (Å²) in [6.07, 6.45) is 7.50. The van der Waals surface area contributed by atoms with E-state index in [4.69, 9.17) is 4.42 Å². The number of halogens is 2. The number of rotatable bonds is 6. The third-order valence-electron chi connectivity index (χ3n) is 3.90. The Balaban J connectivity index is 0.00000210. The predicted octanol–water partition coefficient (Wildman–Crippen LogP) is 4.38. The molecule has 1 amide bonds. The van der Waals surface area contributed by atoms with Crippen molar-refractivity contribution in [2.75, 3.05) is 11.4 Å². The summed E-state index contributed by atoms with van der Waals surface area (Å²) in [5, 5.41) is 0.526. The van der Waals surface area contributed by atoms with Crippen LogP contribution >= 0.6 is 23.7 Å². The molecule has 140 valence electrons. The van der Waals surface area contributed by atoms with E-state index in [-0.39, 0.29) is 29.9 Å². The van der Waals surface area contributed by atoms with Gasteiger partial charge in [0.15, 0.2) is 10.9 Å². The number of aromatic nitrogens is 3. The quantitative estimate of drug-likeness (QED) is 0.476. The Morgan fingerprint density at radius 3 is 2.96 bits per heavy atom. The number of aryl methyl sites for hydroxylation is 1. The van der Waals surface area contributed by atoms with E-state index in [2.05, 4.69) is 9.97 Å². The topological polar surface area (TPSA) is 64.2 Å². The second-order valence-electron chi connectivity index (χ2n) is 5.70. The normalized spacial score (nSPS) is 10.7. The smallest absolute Gasteiger partial charge is 0.295 e. The van der Waals surface area contributed by atoms with Crippen molar-refractivity contribution >= 4 is 45.0 Å². The first-order valence-corrected chi connectivity index (χ1v) is 8.89. The zero-order valence-electron chi connectivity index (χ0n) is 14.1. The van der Waals surface area contributed by atoms with E-state index in [0.717, 1.165) is 6.54 Å². The van der Waals surface area contributed by atoms with Gasteiger partial charge in [-0.15, -0.1) is 12.4 Å². The Hall–Kier alpha value is -2.71. The van der Waals surface area contributed by atoms with Crippen LogP contribution in [0.4, 0.5) is 9.52 Å². The van der Waals surface area contributed by atoms with Crippen LogP contribution in [0, 0.1) is 5.82 Å².